The number of ether oxygens (including phenoxy) is 2. The molecule has 0 radical (unpaired) electrons. The summed E-state index contributed by atoms with van der Waals surface area (Å²) in [5.41, 5.74) is 0.273. The SMILES string of the molecule is CCCOC1(C(=O)Nc2ccc(OC(C)C)c(C#N)c2)CCCCC1. The van der Waals surface area contributed by atoms with Gasteiger partial charge in [0.15, 0.2) is 0 Å². The molecule has 1 amide bonds. The zero-order valence-corrected chi connectivity index (χ0v) is 15.4. The van der Waals surface area contributed by atoms with Crippen LogP contribution < -0.4 is 10.1 Å². The van der Waals surface area contributed by atoms with E-state index >= 15 is 0 Å². The second-order valence-corrected chi connectivity index (χ2v) is 6.85. The van der Waals surface area contributed by atoms with Gasteiger partial charge in [-0.15, -0.1) is 0 Å². The topological polar surface area (TPSA) is 71.3 Å². The molecule has 5 heteroatoms. The number of carbonyl (C=O) groups excluding carboxylic acids is 1. The van der Waals surface area contributed by atoms with Crippen molar-refractivity contribution >= 4 is 11.6 Å². The van der Waals surface area contributed by atoms with Crippen LogP contribution in [0, 0.1) is 11.3 Å². The number of hydrogen-bond acceptors (Lipinski definition) is 4. The van der Waals surface area contributed by atoms with E-state index in [1.54, 1.807) is 18.2 Å². The molecule has 0 heterocycles. The predicted molar refractivity (Wildman–Crippen MR) is 97.6 cm³/mol. The molecule has 1 aromatic carbocycles. The first-order valence-electron chi connectivity index (χ1n) is 9.17. The smallest absolute Gasteiger partial charge is 0.256 e. The largest absolute Gasteiger partial charge is 0.490 e. The lowest BCUT2D eigenvalue weighted by Gasteiger charge is -2.35. The first kappa shape index (κ1) is 19.3. The Bertz CT molecular complexity index is 628. The number of rotatable bonds is 7. The maximum atomic E-state index is 12.9. The highest BCUT2D eigenvalue weighted by Crippen LogP contribution is 2.33. The summed E-state index contributed by atoms with van der Waals surface area (Å²) in [5, 5.41) is 12.3. The van der Waals surface area contributed by atoms with Crippen molar-refractivity contribution in [1.82, 2.24) is 0 Å². The summed E-state index contributed by atoms with van der Waals surface area (Å²) >= 11 is 0. The van der Waals surface area contributed by atoms with Gasteiger partial charge in [0.25, 0.3) is 5.91 Å². The lowest BCUT2D eigenvalue weighted by atomic mass is 9.83. The van der Waals surface area contributed by atoms with E-state index in [-0.39, 0.29) is 12.0 Å². The molecule has 0 saturated heterocycles. The Labute approximate surface area is 150 Å². The van der Waals surface area contributed by atoms with Crippen LogP contribution in [-0.4, -0.2) is 24.2 Å². The average molecular weight is 344 g/mol. The van der Waals surface area contributed by atoms with E-state index in [0.29, 0.717) is 23.6 Å². The lowest BCUT2D eigenvalue weighted by molar-refractivity contribution is -0.146. The van der Waals surface area contributed by atoms with Crippen LogP contribution in [0.1, 0.15) is 64.9 Å². The van der Waals surface area contributed by atoms with Gasteiger partial charge in [0, 0.05) is 12.3 Å². The Hall–Kier alpha value is -2.06. The Morgan fingerprint density at radius 2 is 2.04 bits per heavy atom. The quantitative estimate of drug-likeness (QED) is 0.795. The summed E-state index contributed by atoms with van der Waals surface area (Å²) in [5.74, 6) is 0.423. The molecule has 0 aromatic heterocycles. The van der Waals surface area contributed by atoms with E-state index in [4.69, 9.17) is 9.47 Å². The predicted octanol–water partition coefficient (Wildman–Crippen LogP) is 4.41. The molecule has 1 saturated carbocycles. The molecule has 0 aliphatic heterocycles. The fourth-order valence-corrected chi connectivity index (χ4v) is 3.15. The third-order valence-corrected chi connectivity index (χ3v) is 4.38. The second-order valence-electron chi connectivity index (χ2n) is 6.85. The molecular formula is C20H28N2O3. The first-order chi connectivity index (χ1) is 12.0. The van der Waals surface area contributed by atoms with E-state index in [0.717, 1.165) is 38.5 Å². The molecule has 2 rings (SSSR count). The van der Waals surface area contributed by atoms with Crippen LogP contribution in [0.3, 0.4) is 0 Å². The third kappa shape index (κ3) is 4.96. The average Bonchev–Trinajstić information content (AvgIpc) is 2.61. The van der Waals surface area contributed by atoms with Crippen LogP contribution in [0.4, 0.5) is 5.69 Å². The Balaban J connectivity index is 2.16. The number of anilines is 1. The van der Waals surface area contributed by atoms with E-state index < -0.39 is 5.60 Å². The van der Waals surface area contributed by atoms with Gasteiger partial charge in [-0.2, -0.15) is 5.26 Å². The van der Waals surface area contributed by atoms with Crippen molar-refractivity contribution in [1.29, 1.82) is 5.26 Å². The monoisotopic (exact) mass is 344 g/mol. The van der Waals surface area contributed by atoms with Crippen molar-refractivity contribution in [3.05, 3.63) is 23.8 Å². The van der Waals surface area contributed by atoms with Crippen molar-refractivity contribution in [3.63, 3.8) is 0 Å². The summed E-state index contributed by atoms with van der Waals surface area (Å²) in [6.45, 7) is 6.45. The van der Waals surface area contributed by atoms with Gasteiger partial charge < -0.3 is 14.8 Å². The number of amides is 1. The minimum atomic E-state index is -0.742. The zero-order chi connectivity index (χ0) is 18.3. The molecule has 5 nitrogen and oxygen atoms in total. The van der Waals surface area contributed by atoms with Crippen molar-refractivity contribution in [2.45, 2.75) is 71.0 Å². The molecule has 1 fully saturated rings. The number of nitriles is 1. The third-order valence-electron chi connectivity index (χ3n) is 4.38. The van der Waals surface area contributed by atoms with Gasteiger partial charge in [0.2, 0.25) is 0 Å². The highest BCUT2D eigenvalue weighted by molar-refractivity contribution is 5.97. The molecule has 25 heavy (non-hydrogen) atoms. The number of carbonyl (C=O) groups is 1. The molecule has 0 unspecified atom stereocenters. The lowest BCUT2D eigenvalue weighted by Crippen LogP contribution is -2.47. The van der Waals surface area contributed by atoms with Crippen LogP contribution >= 0.6 is 0 Å². The molecule has 1 aliphatic rings. The van der Waals surface area contributed by atoms with E-state index in [1.165, 1.54) is 0 Å². The molecule has 136 valence electrons. The van der Waals surface area contributed by atoms with Crippen LogP contribution in [-0.2, 0) is 9.53 Å². The molecule has 1 aliphatic carbocycles. The molecular weight excluding hydrogens is 316 g/mol. The minimum Gasteiger partial charge on any atom is -0.490 e. The summed E-state index contributed by atoms with van der Waals surface area (Å²) in [6, 6.07) is 7.29. The van der Waals surface area contributed by atoms with Crippen molar-refractivity contribution < 1.29 is 14.3 Å². The first-order valence-corrected chi connectivity index (χ1v) is 9.17. The van der Waals surface area contributed by atoms with E-state index in [2.05, 4.69) is 11.4 Å². The second kappa shape index (κ2) is 8.87. The Kier molecular flexibility index (Phi) is 6.83. The summed E-state index contributed by atoms with van der Waals surface area (Å²) in [6.07, 6.45) is 5.51. The maximum Gasteiger partial charge on any atom is 0.256 e. The van der Waals surface area contributed by atoms with Crippen LogP contribution in [0.15, 0.2) is 18.2 Å². The summed E-state index contributed by atoms with van der Waals surface area (Å²) in [4.78, 5) is 12.9. The molecule has 0 spiro atoms. The summed E-state index contributed by atoms with van der Waals surface area (Å²) in [7, 11) is 0. The van der Waals surface area contributed by atoms with Crippen LogP contribution in [0.2, 0.25) is 0 Å². The highest BCUT2D eigenvalue weighted by Gasteiger charge is 2.40. The van der Waals surface area contributed by atoms with E-state index in [9.17, 15) is 10.1 Å². The van der Waals surface area contributed by atoms with Crippen molar-refractivity contribution in [3.8, 4) is 11.8 Å². The highest BCUT2D eigenvalue weighted by atomic mass is 16.5. The van der Waals surface area contributed by atoms with Crippen LogP contribution in [0.5, 0.6) is 5.75 Å². The van der Waals surface area contributed by atoms with Gasteiger partial charge in [-0.25, -0.2) is 0 Å². The minimum absolute atomic E-state index is 0.0134. The normalized spacial score (nSPS) is 16.3. The van der Waals surface area contributed by atoms with Crippen molar-refractivity contribution in [2.75, 3.05) is 11.9 Å². The summed E-state index contributed by atoms with van der Waals surface area (Å²) < 4.78 is 11.6. The van der Waals surface area contributed by atoms with Gasteiger partial charge in [-0.05, 0) is 51.3 Å². The fraction of sp³-hybridized carbons (Fsp3) is 0.600. The van der Waals surface area contributed by atoms with Crippen LogP contribution in [0.25, 0.3) is 0 Å². The van der Waals surface area contributed by atoms with Crippen molar-refractivity contribution in [2.24, 2.45) is 0 Å². The standard InChI is InChI=1S/C20H28N2O3/c1-4-12-24-20(10-6-5-7-11-20)19(23)22-17-8-9-18(25-15(2)3)16(13-17)14-21/h8-9,13,15H,4-7,10-12H2,1-3H3,(H,22,23). The van der Waals surface area contributed by atoms with Gasteiger partial charge in [-0.1, -0.05) is 26.2 Å². The Morgan fingerprint density at radius 3 is 2.64 bits per heavy atom. The fourth-order valence-electron chi connectivity index (χ4n) is 3.15. The molecule has 0 atom stereocenters. The molecule has 1 aromatic rings. The van der Waals surface area contributed by atoms with E-state index in [1.807, 2.05) is 20.8 Å². The number of nitrogens with zero attached hydrogens (tertiary/aromatic N) is 1. The maximum absolute atomic E-state index is 12.9. The Morgan fingerprint density at radius 1 is 1.32 bits per heavy atom. The number of nitrogens with one attached hydrogen (secondary N) is 1. The van der Waals surface area contributed by atoms with Gasteiger partial charge >= 0.3 is 0 Å². The molecule has 1 N–H and O–H groups in total. The van der Waals surface area contributed by atoms with Gasteiger partial charge in [0.05, 0.1) is 11.7 Å². The molecule has 0 bridgehead atoms. The number of hydrogen-bond donors (Lipinski definition) is 1. The van der Waals surface area contributed by atoms with Gasteiger partial charge in [0.1, 0.15) is 17.4 Å². The number of benzene rings is 1. The zero-order valence-electron chi connectivity index (χ0n) is 15.4. The van der Waals surface area contributed by atoms with Gasteiger partial charge in [-0.3, -0.25) is 4.79 Å².